The van der Waals surface area contributed by atoms with Gasteiger partial charge in [-0.2, -0.15) is 0 Å². The van der Waals surface area contributed by atoms with Crippen molar-refractivity contribution in [3.05, 3.63) is 41.7 Å². The van der Waals surface area contributed by atoms with Crippen LogP contribution in [0.15, 0.2) is 30.3 Å². The molecule has 2 atom stereocenters. The highest BCUT2D eigenvalue weighted by Crippen LogP contribution is 2.30. The second kappa shape index (κ2) is 7.20. The molecule has 1 aliphatic rings. The van der Waals surface area contributed by atoms with Crippen LogP contribution in [-0.2, 0) is 4.79 Å². The minimum atomic E-state index is -0.340. The van der Waals surface area contributed by atoms with Crippen molar-refractivity contribution >= 4 is 12.0 Å². The van der Waals surface area contributed by atoms with Crippen LogP contribution in [0.4, 0.5) is 4.39 Å². The van der Waals surface area contributed by atoms with Crippen LogP contribution in [0.5, 0.6) is 0 Å². The van der Waals surface area contributed by atoms with E-state index in [0.29, 0.717) is 23.9 Å². The molecule has 3 nitrogen and oxygen atoms in total. The Morgan fingerprint density at radius 1 is 1.35 bits per heavy atom. The summed E-state index contributed by atoms with van der Waals surface area (Å²) in [5.74, 6) is 0.0844. The Kier molecular flexibility index (Phi) is 5.30. The van der Waals surface area contributed by atoms with Crippen molar-refractivity contribution in [2.24, 2.45) is 11.8 Å². The maximum atomic E-state index is 13.4. The van der Waals surface area contributed by atoms with Gasteiger partial charge in [0, 0.05) is 24.8 Å². The summed E-state index contributed by atoms with van der Waals surface area (Å²) in [6.45, 7) is 0.761. The van der Waals surface area contributed by atoms with Gasteiger partial charge in [0.15, 0.2) is 0 Å². The summed E-state index contributed by atoms with van der Waals surface area (Å²) in [6.07, 6.45) is 6.01. The number of carbonyl (C=O) groups is 1. The van der Waals surface area contributed by atoms with Gasteiger partial charge in [-0.05, 0) is 36.8 Å². The first-order chi connectivity index (χ1) is 9.70. The van der Waals surface area contributed by atoms with Crippen molar-refractivity contribution in [2.75, 3.05) is 13.2 Å². The molecular weight excluding hydrogens is 257 g/mol. The Bertz CT molecular complexity index is 487. The number of nitrogens with one attached hydrogen (secondary N) is 1. The van der Waals surface area contributed by atoms with Gasteiger partial charge in [0.25, 0.3) is 0 Å². The highest BCUT2D eigenvalue weighted by Gasteiger charge is 2.26. The molecule has 0 bridgehead atoms. The van der Waals surface area contributed by atoms with Crippen LogP contribution in [0.25, 0.3) is 6.08 Å². The van der Waals surface area contributed by atoms with Gasteiger partial charge < -0.3 is 10.4 Å². The highest BCUT2D eigenvalue weighted by atomic mass is 19.1. The van der Waals surface area contributed by atoms with Gasteiger partial charge in [0.1, 0.15) is 5.82 Å². The lowest BCUT2D eigenvalue weighted by atomic mass is 9.97. The van der Waals surface area contributed by atoms with Crippen molar-refractivity contribution in [2.45, 2.75) is 19.3 Å². The minimum Gasteiger partial charge on any atom is -0.396 e. The quantitative estimate of drug-likeness (QED) is 0.812. The molecule has 108 valence electrons. The molecule has 2 N–H and O–H groups in total. The summed E-state index contributed by atoms with van der Waals surface area (Å²) >= 11 is 0. The van der Waals surface area contributed by atoms with Crippen molar-refractivity contribution < 1.29 is 14.3 Å². The van der Waals surface area contributed by atoms with Gasteiger partial charge in [0.05, 0.1) is 0 Å². The van der Waals surface area contributed by atoms with E-state index in [1.54, 1.807) is 18.2 Å². The van der Waals surface area contributed by atoms with Crippen molar-refractivity contribution in [3.8, 4) is 0 Å². The Hall–Kier alpha value is -1.68. The van der Waals surface area contributed by atoms with Gasteiger partial charge in [0.2, 0.25) is 5.91 Å². The zero-order valence-electron chi connectivity index (χ0n) is 11.4. The predicted molar refractivity (Wildman–Crippen MR) is 76.4 cm³/mol. The molecule has 0 heterocycles. The number of halogens is 1. The Morgan fingerprint density at radius 3 is 2.85 bits per heavy atom. The van der Waals surface area contributed by atoms with E-state index in [-0.39, 0.29) is 18.3 Å². The average molecular weight is 277 g/mol. The molecule has 0 aliphatic heterocycles. The fourth-order valence-corrected chi connectivity index (χ4v) is 2.69. The number of amides is 1. The van der Waals surface area contributed by atoms with E-state index in [9.17, 15) is 14.3 Å². The van der Waals surface area contributed by atoms with Crippen molar-refractivity contribution in [1.29, 1.82) is 0 Å². The lowest BCUT2D eigenvalue weighted by Gasteiger charge is -2.17. The van der Waals surface area contributed by atoms with Crippen LogP contribution in [0.3, 0.4) is 0 Å². The first-order valence-corrected chi connectivity index (χ1v) is 7.02. The third kappa shape index (κ3) is 3.90. The SMILES string of the molecule is O=C(C=Cc1ccccc1F)NCC1CCCC1CO. The number of hydrogen-bond acceptors (Lipinski definition) is 2. The molecule has 1 saturated carbocycles. The highest BCUT2D eigenvalue weighted by molar-refractivity contribution is 5.91. The minimum absolute atomic E-state index is 0.186. The van der Waals surface area contributed by atoms with E-state index in [1.807, 2.05) is 0 Å². The number of hydrogen-bond donors (Lipinski definition) is 2. The molecule has 0 saturated heterocycles. The largest absolute Gasteiger partial charge is 0.396 e. The van der Waals surface area contributed by atoms with E-state index in [1.165, 1.54) is 18.2 Å². The summed E-state index contributed by atoms with van der Waals surface area (Å²) in [4.78, 5) is 11.7. The van der Waals surface area contributed by atoms with Gasteiger partial charge in [-0.3, -0.25) is 4.79 Å². The van der Waals surface area contributed by atoms with E-state index < -0.39 is 0 Å². The number of rotatable bonds is 5. The number of aliphatic hydroxyl groups excluding tert-OH is 1. The van der Waals surface area contributed by atoms with Crippen molar-refractivity contribution in [1.82, 2.24) is 5.32 Å². The van der Waals surface area contributed by atoms with Crippen LogP contribution in [0.1, 0.15) is 24.8 Å². The Balaban J connectivity index is 1.82. The van der Waals surface area contributed by atoms with Crippen LogP contribution >= 0.6 is 0 Å². The molecule has 20 heavy (non-hydrogen) atoms. The molecule has 1 aromatic rings. The third-order valence-electron chi connectivity index (χ3n) is 3.91. The van der Waals surface area contributed by atoms with Crippen LogP contribution in [-0.4, -0.2) is 24.2 Å². The lowest BCUT2D eigenvalue weighted by molar-refractivity contribution is -0.116. The maximum Gasteiger partial charge on any atom is 0.244 e. The van der Waals surface area contributed by atoms with Gasteiger partial charge in [-0.1, -0.05) is 24.6 Å². The molecule has 0 radical (unpaired) electrons. The first kappa shape index (κ1) is 14.7. The molecule has 1 amide bonds. The Morgan fingerprint density at radius 2 is 2.10 bits per heavy atom. The van der Waals surface area contributed by atoms with Gasteiger partial charge in [-0.25, -0.2) is 4.39 Å². The smallest absolute Gasteiger partial charge is 0.244 e. The fraction of sp³-hybridized carbons (Fsp3) is 0.438. The maximum absolute atomic E-state index is 13.4. The molecule has 0 aromatic heterocycles. The van der Waals surface area contributed by atoms with E-state index in [4.69, 9.17) is 0 Å². The lowest BCUT2D eigenvalue weighted by Crippen LogP contribution is -2.30. The first-order valence-electron chi connectivity index (χ1n) is 7.02. The standard InChI is InChI=1S/C16H20FNO2/c17-15-7-2-1-4-12(15)8-9-16(20)18-10-13-5-3-6-14(13)11-19/h1-2,4,7-9,13-14,19H,3,5-6,10-11H2,(H,18,20). The Labute approximate surface area is 118 Å². The van der Waals surface area contributed by atoms with Crippen LogP contribution in [0.2, 0.25) is 0 Å². The summed E-state index contributed by atoms with van der Waals surface area (Å²) in [5.41, 5.74) is 0.400. The predicted octanol–water partition coefficient (Wildman–Crippen LogP) is 2.36. The topological polar surface area (TPSA) is 49.3 Å². The summed E-state index contributed by atoms with van der Waals surface area (Å²) in [6, 6.07) is 6.33. The summed E-state index contributed by atoms with van der Waals surface area (Å²) in [7, 11) is 0. The van der Waals surface area contributed by atoms with E-state index in [0.717, 1.165) is 19.3 Å². The van der Waals surface area contributed by atoms with E-state index in [2.05, 4.69) is 5.32 Å². The zero-order valence-corrected chi connectivity index (χ0v) is 11.4. The zero-order chi connectivity index (χ0) is 14.4. The molecule has 1 fully saturated rings. The molecule has 4 heteroatoms. The average Bonchev–Trinajstić information content (AvgIpc) is 2.91. The van der Waals surface area contributed by atoms with Crippen LogP contribution < -0.4 is 5.32 Å². The third-order valence-corrected chi connectivity index (χ3v) is 3.91. The number of aliphatic hydroxyl groups is 1. The second-order valence-corrected chi connectivity index (χ2v) is 5.23. The second-order valence-electron chi connectivity index (χ2n) is 5.23. The molecule has 1 aromatic carbocycles. The molecule has 2 unspecified atom stereocenters. The fourth-order valence-electron chi connectivity index (χ4n) is 2.69. The molecule has 1 aliphatic carbocycles. The molecule has 0 spiro atoms. The molecule has 2 rings (SSSR count). The molecular formula is C16H20FNO2. The number of carbonyl (C=O) groups excluding carboxylic acids is 1. The van der Waals surface area contributed by atoms with Crippen molar-refractivity contribution in [3.63, 3.8) is 0 Å². The number of benzene rings is 1. The summed E-state index contributed by atoms with van der Waals surface area (Å²) < 4.78 is 13.4. The van der Waals surface area contributed by atoms with Gasteiger partial charge in [-0.15, -0.1) is 0 Å². The van der Waals surface area contributed by atoms with Gasteiger partial charge >= 0.3 is 0 Å². The van der Waals surface area contributed by atoms with Crippen LogP contribution in [0, 0.1) is 17.7 Å². The van der Waals surface area contributed by atoms with E-state index >= 15 is 0 Å². The summed E-state index contributed by atoms with van der Waals surface area (Å²) in [5, 5.41) is 12.0. The normalized spacial score (nSPS) is 22.3. The monoisotopic (exact) mass is 277 g/mol.